The van der Waals surface area contributed by atoms with Gasteiger partial charge in [0.15, 0.2) is 5.76 Å². The molecule has 1 aliphatic carbocycles. The molecule has 0 unspecified atom stereocenters. The van der Waals surface area contributed by atoms with Gasteiger partial charge >= 0.3 is 0 Å². The molecule has 2 rings (SSSR count). The lowest BCUT2D eigenvalue weighted by molar-refractivity contribution is -0.125. The van der Waals surface area contributed by atoms with Crippen molar-refractivity contribution in [3.8, 4) is 6.07 Å². The number of carbonyl (C=O) groups excluding carboxylic acids is 2. The number of ether oxygens (including phenoxy) is 1. The van der Waals surface area contributed by atoms with Crippen LogP contribution in [0, 0.1) is 11.3 Å². The third-order valence-corrected chi connectivity index (χ3v) is 4.18. The summed E-state index contributed by atoms with van der Waals surface area (Å²) in [7, 11) is 0. The summed E-state index contributed by atoms with van der Waals surface area (Å²) in [6.07, 6.45) is 9.00. The lowest BCUT2D eigenvalue weighted by atomic mass is 10.0. The van der Waals surface area contributed by atoms with E-state index in [1.165, 1.54) is 38.5 Å². The standard InChI is InChI=1S/C16H17N3O4.C6H12/c1-11(14-5-3-13(9-17)4-6-14)23-12(2)16(22)19-10-15(21)18-7-8-20;1-2-4-6-5-3-1/h3-6,20H,1-2,7-8,10H2,(H,18,21)(H,19,22);1-6H2. The van der Waals surface area contributed by atoms with Crippen LogP contribution < -0.4 is 10.6 Å². The summed E-state index contributed by atoms with van der Waals surface area (Å²) >= 11 is 0. The first-order valence-corrected chi connectivity index (χ1v) is 9.70. The summed E-state index contributed by atoms with van der Waals surface area (Å²) < 4.78 is 5.23. The average molecular weight is 399 g/mol. The van der Waals surface area contributed by atoms with Gasteiger partial charge in [0.2, 0.25) is 5.91 Å². The van der Waals surface area contributed by atoms with Gasteiger partial charge in [0.25, 0.3) is 5.91 Å². The van der Waals surface area contributed by atoms with Gasteiger partial charge in [-0.15, -0.1) is 0 Å². The monoisotopic (exact) mass is 399 g/mol. The van der Waals surface area contributed by atoms with Crippen LogP contribution in [-0.4, -0.2) is 36.6 Å². The summed E-state index contributed by atoms with van der Waals surface area (Å²) in [5.74, 6) is -1.11. The first kappa shape index (κ1) is 23.9. The Labute approximate surface area is 172 Å². The van der Waals surface area contributed by atoms with Gasteiger partial charge in [-0.05, 0) is 24.3 Å². The van der Waals surface area contributed by atoms with E-state index in [9.17, 15) is 9.59 Å². The van der Waals surface area contributed by atoms with Crippen LogP contribution in [0.2, 0.25) is 0 Å². The zero-order chi connectivity index (χ0) is 21.5. The summed E-state index contributed by atoms with van der Waals surface area (Å²) in [5, 5.41) is 22.0. The molecule has 2 amide bonds. The number of rotatable bonds is 8. The van der Waals surface area contributed by atoms with E-state index in [2.05, 4.69) is 23.8 Å². The van der Waals surface area contributed by atoms with Gasteiger partial charge < -0.3 is 20.5 Å². The molecule has 156 valence electrons. The highest BCUT2D eigenvalue weighted by atomic mass is 16.5. The number of nitriles is 1. The number of hydrogen-bond donors (Lipinski definition) is 3. The summed E-state index contributed by atoms with van der Waals surface area (Å²) in [6.45, 7) is 6.83. The molecule has 0 spiro atoms. The fraction of sp³-hybridized carbons (Fsp3) is 0.409. The molecule has 7 heteroatoms. The second-order valence-electron chi connectivity index (χ2n) is 6.52. The summed E-state index contributed by atoms with van der Waals surface area (Å²) in [4.78, 5) is 23.0. The highest BCUT2D eigenvalue weighted by Gasteiger charge is 2.12. The number of aliphatic hydroxyl groups is 1. The molecule has 1 fully saturated rings. The maximum Gasteiger partial charge on any atom is 0.286 e. The highest BCUT2D eigenvalue weighted by molar-refractivity contribution is 5.94. The first-order valence-electron chi connectivity index (χ1n) is 9.70. The van der Waals surface area contributed by atoms with E-state index in [0.29, 0.717) is 11.1 Å². The predicted molar refractivity (Wildman–Crippen MR) is 111 cm³/mol. The molecule has 0 atom stereocenters. The Kier molecular flexibility index (Phi) is 11.5. The molecular weight excluding hydrogens is 370 g/mol. The number of nitrogens with zero attached hydrogens (tertiary/aromatic N) is 1. The molecule has 1 aromatic carbocycles. The van der Waals surface area contributed by atoms with E-state index < -0.39 is 11.8 Å². The van der Waals surface area contributed by atoms with Crippen molar-refractivity contribution in [1.82, 2.24) is 10.6 Å². The number of amides is 2. The van der Waals surface area contributed by atoms with Crippen LogP contribution in [0.3, 0.4) is 0 Å². The Morgan fingerprint density at radius 3 is 2.07 bits per heavy atom. The molecule has 1 aromatic rings. The van der Waals surface area contributed by atoms with Crippen LogP contribution in [0.1, 0.15) is 49.7 Å². The fourth-order valence-electron chi connectivity index (χ4n) is 2.56. The minimum absolute atomic E-state index is 0.113. The van der Waals surface area contributed by atoms with Crippen LogP contribution in [0.5, 0.6) is 0 Å². The van der Waals surface area contributed by atoms with Crippen molar-refractivity contribution in [2.24, 2.45) is 0 Å². The van der Waals surface area contributed by atoms with Gasteiger partial charge in [-0.3, -0.25) is 9.59 Å². The molecule has 0 aliphatic heterocycles. The third-order valence-electron chi connectivity index (χ3n) is 4.18. The zero-order valence-electron chi connectivity index (χ0n) is 16.7. The highest BCUT2D eigenvalue weighted by Crippen LogP contribution is 2.17. The van der Waals surface area contributed by atoms with Crippen molar-refractivity contribution >= 4 is 17.6 Å². The van der Waals surface area contributed by atoms with Crippen molar-refractivity contribution in [2.45, 2.75) is 38.5 Å². The van der Waals surface area contributed by atoms with E-state index in [1.54, 1.807) is 24.3 Å². The Balaban J connectivity index is 0.000000594. The van der Waals surface area contributed by atoms with Gasteiger partial charge in [0.05, 0.1) is 24.8 Å². The van der Waals surface area contributed by atoms with Crippen LogP contribution in [-0.2, 0) is 14.3 Å². The molecular formula is C22H29N3O4. The Morgan fingerprint density at radius 1 is 1.03 bits per heavy atom. The topological polar surface area (TPSA) is 111 Å². The molecule has 0 aromatic heterocycles. The molecule has 1 saturated carbocycles. The SMILES string of the molecule is C1CCCCC1.C=C(OC(=C)c1ccc(C#N)cc1)C(=O)NCC(=O)NCCO. The molecule has 1 aliphatic rings. The smallest absolute Gasteiger partial charge is 0.286 e. The lowest BCUT2D eigenvalue weighted by Crippen LogP contribution is -2.38. The molecule has 29 heavy (non-hydrogen) atoms. The van der Waals surface area contributed by atoms with Gasteiger partial charge in [-0.2, -0.15) is 5.26 Å². The van der Waals surface area contributed by atoms with Crippen molar-refractivity contribution in [3.05, 3.63) is 54.3 Å². The molecule has 3 N–H and O–H groups in total. The van der Waals surface area contributed by atoms with Gasteiger partial charge in [0.1, 0.15) is 5.76 Å². The van der Waals surface area contributed by atoms with Gasteiger partial charge in [-0.25, -0.2) is 0 Å². The van der Waals surface area contributed by atoms with E-state index >= 15 is 0 Å². The van der Waals surface area contributed by atoms with E-state index in [0.717, 1.165) is 0 Å². The quantitative estimate of drug-likeness (QED) is 0.460. The molecule has 0 radical (unpaired) electrons. The van der Waals surface area contributed by atoms with E-state index in [1.807, 2.05) is 6.07 Å². The lowest BCUT2D eigenvalue weighted by Gasteiger charge is -2.11. The fourth-order valence-corrected chi connectivity index (χ4v) is 2.56. The molecule has 0 saturated heterocycles. The normalized spacial score (nSPS) is 12.4. The largest absolute Gasteiger partial charge is 0.452 e. The van der Waals surface area contributed by atoms with Crippen molar-refractivity contribution in [1.29, 1.82) is 5.26 Å². The second kappa shape index (κ2) is 14.0. The molecule has 0 heterocycles. The minimum Gasteiger partial charge on any atom is -0.452 e. The van der Waals surface area contributed by atoms with Gasteiger partial charge in [0, 0.05) is 12.1 Å². The van der Waals surface area contributed by atoms with Crippen molar-refractivity contribution in [3.63, 3.8) is 0 Å². The van der Waals surface area contributed by atoms with E-state index in [4.69, 9.17) is 15.1 Å². The first-order chi connectivity index (χ1) is 14.0. The Bertz CT molecular complexity index is 720. The Hall–Kier alpha value is -3.11. The van der Waals surface area contributed by atoms with Gasteiger partial charge in [-0.1, -0.05) is 51.7 Å². The second-order valence-corrected chi connectivity index (χ2v) is 6.52. The maximum absolute atomic E-state index is 11.7. The number of benzene rings is 1. The Morgan fingerprint density at radius 2 is 1.59 bits per heavy atom. The number of nitrogens with one attached hydrogen (secondary N) is 2. The van der Waals surface area contributed by atoms with Crippen LogP contribution in [0.4, 0.5) is 0 Å². The van der Waals surface area contributed by atoms with Crippen LogP contribution >= 0.6 is 0 Å². The number of carbonyl (C=O) groups is 2. The average Bonchev–Trinajstić information content (AvgIpc) is 2.77. The van der Waals surface area contributed by atoms with E-state index in [-0.39, 0.29) is 31.2 Å². The minimum atomic E-state index is -0.654. The van der Waals surface area contributed by atoms with Crippen molar-refractivity contribution < 1.29 is 19.4 Å². The maximum atomic E-state index is 11.7. The molecule has 7 nitrogen and oxygen atoms in total. The predicted octanol–water partition coefficient (Wildman–Crippen LogP) is 2.62. The molecule has 0 bridgehead atoms. The van der Waals surface area contributed by atoms with Crippen LogP contribution in [0.15, 0.2) is 43.2 Å². The summed E-state index contributed by atoms with van der Waals surface area (Å²) in [6, 6.07) is 8.45. The number of aliphatic hydroxyl groups excluding tert-OH is 1. The third kappa shape index (κ3) is 10.1. The number of hydrogen-bond acceptors (Lipinski definition) is 5. The van der Waals surface area contributed by atoms with Crippen molar-refractivity contribution in [2.75, 3.05) is 19.7 Å². The zero-order valence-corrected chi connectivity index (χ0v) is 16.7. The van der Waals surface area contributed by atoms with Crippen LogP contribution in [0.25, 0.3) is 5.76 Å². The summed E-state index contributed by atoms with van der Waals surface area (Å²) in [5.41, 5.74) is 1.09.